The molecule has 1 aliphatic heterocycles. The summed E-state index contributed by atoms with van der Waals surface area (Å²) in [4.78, 5) is 8.22. The molecule has 0 unspecified atom stereocenters. The van der Waals surface area contributed by atoms with Crippen molar-refractivity contribution in [2.75, 3.05) is 12.1 Å². The number of nitrogens with one attached hydrogen (secondary N) is 1. The first-order valence-corrected chi connectivity index (χ1v) is 4.45. The second-order valence-electron chi connectivity index (χ2n) is 4.27. The van der Waals surface area contributed by atoms with Crippen LogP contribution in [0.15, 0.2) is 6.33 Å². The molecule has 0 fully saturated rings. The first kappa shape index (κ1) is 8.50. The molecule has 5 heteroatoms. The van der Waals surface area contributed by atoms with Crippen molar-refractivity contribution in [1.29, 1.82) is 0 Å². The van der Waals surface area contributed by atoms with Crippen molar-refractivity contribution < 1.29 is 0 Å². The van der Waals surface area contributed by atoms with E-state index in [1.807, 2.05) is 0 Å². The largest absolute Gasteiger partial charge is 0.294 e. The Morgan fingerprint density at radius 3 is 2.92 bits per heavy atom. The molecule has 0 aromatic carbocycles. The van der Waals surface area contributed by atoms with Crippen molar-refractivity contribution in [1.82, 2.24) is 19.8 Å². The predicted molar refractivity (Wildman–Crippen MR) is 49.5 cm³/mol. The zero-order valence-corrected chi connectivity index (χ0v) is 8.28. The fourth-order valence-corrected chi connectivity index (χ4v) is 1.36. The van der Waals surface area contributed by atoms with Crippen molar-refractivity contribution in [3.8, 4) is 0 Å². The molecule has 1 aromatic heterocycles. The van der Waals surface area contributed by atoms with Crippen LogP contribution in [0, 0.1) is 0 Å². The molecule has 0 amide bonds. The molecular formula is C8H15N5. The molecule has 1 aromatic rings. The van der Waals surface area contributed by atoms with Gasteiger partial charge in [0.2, 0.25) is 0 Å². The van der Waals surface area contributed by atoms with E-state index in [9.17, 15) is 0 Å². The Morgan fingerprint density at radius 1 is 1.46 bits per heavy atom. The van der Waals surface area contributed by atoms with Gasteiger partial charge in [-0.15, -0.1) is 5.10 Å². The summed E-state index contributed by atoms with van der Waals surface area (Å²) in [6.45, 7) is 8.26. The molecule has 13 heavy (non-hydrogen) atoms. The maximum atomic E-state index is 4.17. The highest BCUT2D eigenvalue weighted by molar-refractivity contribution is 4.95. The number of hydrogen-bond acceptors (Lipinski definition) is 4. The van der Waals surface area contributed by atoms with Gasteiger partial charge in [0.1, 0.15) is 6.33 Å². The molecule has 0 spiro atoms. The lowest BCUT2D eigenvalue weighted by Crippen LogP contribution is -2.49. The van der Waals surface area contributed by atoms with Crippen LogP contribution in [0.4, 0.5) is 0 Å². The minimum absolute atomic E-state index is 0.171. The monoisotopic (exact) mass is 181 g/mol. The van der Waals surface area contributed by atoms with E-state index in [0.29, 0.717) is 0 Å². The quantitative estimate of drug-likeness (QED) is 0.629. The number of nitrogens with zero attached hydrogens (tertiary/aromatic N) is 4. The molecular weight excluding hydrogens is 166 g/mol. The Bertz CT molecular complexity index is 298. The number of rotatable bonds is 0. The first-order chi connectivity index (χ1) is 6.07. The van der Waals surface area contributed by atoms with Crippen molar-refractivity contribution in [3.63, 3.8) is 0 Å². The minimum Gasteiger partial charge on any atom is -0.294 e. The van der Waals surface area contributed by atoms with Crippen molar-refractivity contribution >= 4 is 0 Å². The third-order valence-electron chi connectivity index (χ3n) is 2.31. The molecule has 0 radical (unpaired) electrons. The van der Waals surface area contributed by atoms with Crippen LogP contribution in [0.3, 0.4) is 0 Å². The van der Waals surface area contributed by atoms with Crippen molar-refractivity contribution in [3.05, 3.63) is 12.2 Å². The van der Waals surface area contributed by atoms with Gasteiger partial charge in [0.25, 0.3) is 0 Å². The lowest BCUT2D eigenvalue weighted by atomic mass is 10.1. The second kappa shape index (κ2) is 2.70. The molecule has 0 aliphatic carbocycles. The highest BCUT2D eigenvalue weighted by atomic mass is 15.6. The summed E-state index contributed by atoms with van der Waals surface area (Å²) >= 11 is 0. The van der Waals surface area contributed by atoms with Crippen LogP contribution in [-0.4, -0.2) is 32.0 Å². The van der Waals surface area contributed by atoms with Gasteiger partial charge in [-0.2, -0.15) is 4.79 Å². The third-order valence-corrected chi connectivity index (χ3v) is 2.31. The lowest BCUT2D eigenvalue weighted by Gasteiger charge is -2.37. The van der Waals surface area contributed by atoms with Crippen LogP contribution in [-0.2, 0) is 6.54 Å². The van der Waals surface area contributed by atoms with E-state index in [0.717, 1.165) is 19.0 Å². The number of hydrogen-bond donors (Lipinski definition) is 1. The predicted octanol–water partition coefficient (Wildman–Crippen LogP) is 0.393. The Kier molecular flexibility index (Phi) is 1.76. The molecule has 2 heterocycles. The van der Waals surface area contributed by atoms with E-state index < -0.39 is 0 Å². The third kappa shape index (κ3) is 1.51. The number of aromatic nitrogens is 3. The molecule has 72 valence electrons. The molecule has 0 saturated heterocycles. The summed E-state index contributed by atoms with van der Waals surface area (Å²) in [5.41, 5.74) is 3.34. The van der Waals surface area contributed by atoms with Crippen LogP contribution in [0.1, 0.15) is 26.6 Å². The van der Waals surface area contributed by atoms with Crippen molar-refractivity contribution in [2.24, 2.45) is 0 Å². The summed E-state index contributed by atoms with van der Waals surface area (Å²) in [5, 5.41) is 4.04. The van der Waals surface area contributed by atoms with Gasteiger partial charge in [0.05, 0.1) is 13.2 Å². The molecule has 2 rings (SSSR count). The van der Waals surface area contributed by atoms with Crippen LogP contribution in [0.5, 0.6) is 0 Å². The van der Waals surface area contributed by atoms with Gasteiger partial charge >= 0.3 is 0 Å². The first-order valence-electron chi connectivity index (χ1n) is 4.45. The molecule has 1 aliphatic rings. The van der Waals surface area contributed by atoms with E-state index in [1.165, 1.54) is 0 Å². The van der Waals surface area contributed by atoms with E-state index in [4.69, 9.17) is 0 Å². The SMILES string of the molecule is CC(C)(C)N1CNn2ncnc2C1. The summed E-state index contributed by atoms with van der Waals surface area (Å²) < 4.78 is 0. The number of fused-ring (bicyclic) bond motifs is 1. The standard InChI is InChI=1S/C8H15N5/c1-8(2,3)12-4-7-9-5-10-13(7)11-6-12/h5,11H,4,6H2,1-3H3. The Balaban J connectivity index is 2.18. The average molecular weight is 181 g/mol. The molecule has 0 saturated carbocycles. The van der Waals surface area contributed by atoms with E-state index >= 15 is 0 Å². The van der Waals surface area contributed by atoms with Gasteiger partial charge in [0, 0.05) is 5.54 Å². The van der Waals surface area contributed by atoms with E-state index in [2.05, 4.69) is 41.2 Å². The average Bonchev–Trinajstić information content (AvgIpc) is 2.47. The molecule has 5 nitrogen and oxygen atoms in total. The second-order valence-corrected chi connectivity index (χ2v) is 4.27. The minimum atomic E-state index is 0.171. The highest BCUT2D eigenvalue weighted by Gasteiger charge is 2.26. The maximum Gasteiger partial charge on any atom is 0.164 e. The van der Waals surface area contributed by atoms with Gasteiger partial charge in [-0.3, -0.25) is 10.3 Å². The normalized spacial score (nSPS) is 18.1. The fraction of sp³-hybridized carbons (Fsp3) is 0.750. The van der Waals surface area contributed by atoms with Gasteiger partial charge in [0.15, 0.2) is 5.82 Å². The van der Waals surface area contributed by atoms with E-state index in [-0.39, 0.29) is 5.54 Å². The van der Waals surface area contributed by atoms with Crippen molar-refractivity contribution in [2.45, 2.75) is 32.9 Å². The smallest absolute Gasteiger partial charge is 0.164 e. The Morgan fingerprint density at radius 2 is 2.23 bits per heavy atom. The van der Waals surface area contributed by atoms with Gasteiger partial charge < -0.3 is 0 Å². The summed E-state index contributed by atoms with van der Waals surface area (Å²) in [6.07, 6.45) is 1.58. The zero-order valence-electron chi connectivity index (χ0n) is 8.28. The Hall–Kier alpha value is -1.10. The topological polar surface area (TPSA) is 46.0 Å². The van der Waals surface area contributed by atoms with Crippen LogP contribution in [0.2, 0.25) is 0 Å². The summed E-state index contributed by atoms with van der Waals surface area (Å²) in [5.74, 6) is 0.973. The van der Waals surface area contributed by atoms with Gasteiger partial charge in [-0.05, 0) is 20.8 Å². The zero-order chi connectivity index (χ0) is 9.47. The van der Waals surface area contributed by atoms with Crippen LogP contribution < -0.4 is 5.43 Å². The molecule has 1 N–H and O–H groups in total. The lowest BCUT2D eigenvalue weighted by molar-refractivity contribution is 0.114. The van der Waals surface area contributed by atoms with Gasteiger partial charge in [-0.25, -0.2) is 4.98 Å². The maximum absolute atomic E-state index is 4.17. The highest BCUT2D eigenvalue weighted by Crippen LogP contribution is 2.17. The van der Waals surface area contributed by atoms with Crippen LogP contribution in [0.25, 0.3) is 0 Å². The summed E-state index contributed by atoms with van der Waals surface area (Å²) in [7, 11) is 0. The van der Waals surface area contributed by atoms with E-state index in [1.54, 1.807) is 11.1 Å². The van der Waals surface area contributed by atoms with Crippen LogP contribution >= 0.6 is 0 Å². The molecule has 0 atom stereocenters. The van der Waals surface area contributed by atoms with Gasteiger partial charge in [-0.1, -0.05) is 0 Å². The Labute approximate surface area is 77.7 Å². The fourth-order valence-electron chi connectivity index (χ4n) is 1.36. The molecule has 0 bridgehead atoms. The summed E-state index contributed by atoms with van der Waals surface area (Å²) in [6, 6.07) is 0.